The van der Waals surface area contributed by atoms with E-state index >= 15 is 0 Å². The lowest BCUT2D eigenvalue weighted by Gasteiger charge is -2.25. The summed E-state index contributed by atoms with van der Waals surface area (Å²) in [6, 6.07) is 9.79. The first-order valence-corrected chi connectivity index (χ1v) is 6.67. The number of hydrogen-bond donors (Lipinski definition) is 0. The summed E-state index contributed by atoms with van der Waals surface area (Å²) in [7, 11) is 0. The molecule has 0 bridgehead atoms. The van der Waals surface area contributed by atoms with Crippen molar-refractivity contribution in [1.29, 1.82) is 0 Å². The van der Waals surface area contributed by atoms with E-state index in [0.29, 0.717) is 12.5 Å². The van der Waals surface area contributed by atoms with Crippen molar-refractivity contribution in [3.63, 3.8) is 0 Å². The number of carbonyl (C=O) groups excluding carboxylic acids is 1. The fraction of sp³-hybridized carbons (Fsp3) is 0.562. The number of esters is 1. The molecule has 0 aliphatic heterocycles. The second-order valence-corrected chi connectivity index (χ2v) is 5.66. The van der Waals surface area contributed by atoms with Crippen molar-refractivity contribution < 1.29 is 9.53 Å². The molecular formula is C16H24O2. The fourth-order valence-corrected chi connectivity index (χ4v) is 2.02. The van der Waals surface area contributed by atoms with E-state index in [1.165, 1.54) is 0 Å². The van der Waals surface area contributed by atoms with Gasteiger partial charge in [0, 0.05) is 0 Å². The zero-order valence-electron chi connectivity index (χ0n) is 11.9. The van der Waals surface area contributed by atoms with Gasteiger partial charge in [-0.3, -0.25) is 4.79 Å². The molecule has 0 saturated heterocycles. The van der Waals surface area contributed by atoms with Crippen molar-refractivity contribution in [1.82, 2.24) is 0 Å². The quantitative estimate of drug-likeness (QED) is 0.705. The number of carbonyl (C=O) groups is 1. The molecule has 100 valence electrons. The minimum atomic E-state index is -0.399. The van der Waals surface area contributed by atoms with E-state index in [0.717, 1.165) is 18.4 Å². The van der Waals surface area contributed by atoms with E-state index in [9.17, 15) is 4.79 Å². The lowest BCUT2D eigenvalue weighted by molar-refractivity contribution is -0.156. The molecule has 0 amide bonds. The molecule has 0 radical (unpaired) electrons. The van der Waals surface area contributed by atoms with Crippen molar-refractivity contribution in [2.24, 2.45) is 11.3 Å². The standard InChI is InChI=1S/C16H24O2/c1-5-13(2)11-16(3,4)15(17)18-12-14-9-7-6-8-10-14/h6-10,13H,5,11-12H2,1-4H3. The molecule has 0 spiro atoms. The molecule has 2 nitrogen and oxygen atoms in total. The van der Waals surface area contributed by atoms with Gasteiger partial charge in [-0.15, -0.1) is 0 Å². The molecule has 0 saturated carbocycles. The highest BCUT2D eigenvalue weighted by Crippen LogP contribution is 2.28. The van der Waals surface area contributed by atoms with Crippen molar-refractivity contribution in [3.8, 4) is 0 Å². The third-order valence-electron chi connectivity index (χ3n) is 3.32. The van der Waals surface area contributed by atoms with Gasteiger partial charge in [0.1, 0.15) is 6.61 Å². The Morgan fingerprint density at radius 1 is 1.28 bits per heavy atom. The van der Waals surface area contributed by atoms with Crippen LogP contribution in [-0.2, 0) is 16.1 Å². The Hall–Kier alpha value is -1.31. The first kappa shape index (κ1) is 14.7. The molecule has 1 aromatic rings. The molecule has 0 aliphatic carbocycles. The van der Waals surface area contributed by atoms with E-state index in [1.54, 1.807) is 0 Å². The van der Waals surface area contributed by atoms with Crippen molar-refractivity contribution in [2.45, 2.75) is 47.1 Å². The molecule has 0 heterocycles. The summed E-state index contributed by atoms with van der Waals surface area (Å²) < 4.78 is 5.40. The van der Waals surface area contributed by atoms with Crippen LogP contribution in [0.4, 0.5) is 0 Å². The largest absolute Gasteiger partial charge is 0.460 e. The summed E-state index contributed by atoms with van der Waals surface area (Å²) in [5.41, 5.74) is 0.634. The second-order valence-electron chi connectivity index (χ2n) is 5.66. The zero-order chi connectivity index (χ0) is 13.6. The van der Waals surface area contributed by atoms with Crippen LogP contribution in [0.15, 0.2) is 30.3 Å². The average molecular weight is 248 g/mol. The maximum absolute atomic E-state index is 12.1. The minimum absolute atomic E-state index is 0.105. The van der Waals surface area contributed by atoms with Gasteiger partial charge in [0.15, 0.2) is 0 Å². The van der Waals surface area contributed by atoms with Gasteiger partial charge in [0.05, 0.1) is 5.41 Å². The fourth-order valence-electron chi connectivity index (χ4n) is 2.02. The topological polar surface area (TPSA) is 26.3 Å². The molecule has 1 unspecified atom stereocenters. The number of benzene rings is 1. The average Bonchev–Trinajstić information content (AvgIpc) is 2.36. The first-order valence-electron chi connectivity index (χ1n) is 6.67. The van der Waals surface area contributed by atoms with Crippen LogP contribution < -0.4 is 0 Å². The van der Waals surface area contributed by atoms with Crippen LogP contribution in [0.1, 0.15) is 46.1 Å². The van der Waals surface area contributed by atoms with Gasteiger partial charge in [-0.25, -0.2) is 0 Å². The molecule has 1 atom stereocenters. The van der Waals surface area contributed by atoms with Crippen LogP contribution in [0.3, 0.4) is 0 Å². The first-order chi connectivity index (χ1) is 8.45. The van der Waals surface area contributed by atoms with Gasteiger partial charge in [-0.1, -0.05) is 50.6 Å². The highest BCUT2D eigenvalue weighted by molar-refractivity contribution is 5.75. The molecule has 0 N–H and O–H groups in total. The zero-order valence-corrected chi connectivity index (χ0v) is 11.9. The summed E-state index contributed by atoms with van der Waals surface area (Å²) in [6.45, 7) is 8.62. The summed E-state index contributed by atoms with van der Waals surface area (Å²) in [4.78, 5) is 12.1. The van der Waals surface area contributed by atoms with Crippen LogP contribution in [0.2, 0.25) is 0 Å². The van der Waals surface area contributed by atoms with Gasteiger partial charge < -0.3 is 4.74 Å². The lowest BCUT2D eigenvalue weighted by Crippen LogP contribution is -2.28. The molecule has 18 heavy (non-hydrogen) atoms. The summed E-state index contributed by atoms with van der Waals surface area (Å²) >= 11 is 0. The lowest BCUT2D eigenvalue weighted by atomic mass is 9.82. The summed E-state index contributed by atoms with van der Waals surface area (Å²) in [6.07, 6.45) is 1.96. The smallest absolute Gasteiger partial charge is 0.311 e. The Bertz CT molecular complexity index is 368. The monoisotopic (exact) mass is 248 g/mol. The van der Waals surface area contributed by atoms with Crippen molar-refractivity contribution in [2.75, 3.05) is 0 Å². The van der Waals surface area contributed by atoms with Crippen LogP contribution >= 0.6 is 0 Å². The Balaban J connectivity index is 2.49. The predicted molar refractivity (Wildman–Crippen MR) is 74.1 cm³/mol. The van der Waals surface area contributed by atoms with Crippen LogP contribution in [0.25, 0.3) is 0 Å². The molecule has 1 rings (SSSR count). The van der Waals surface area contributed by atoms with Gasteiger partial charge in [-0.05, 0) is 31.7 Å². The van der Waals surface area contributed by atoms with E-state index in [2.05, 4.69) is 13.8 Å². The molecule has 2 heteroatoms. The van der Waals surface area contributed by atoms with E-state index in [-0.39, 0.29) is 5.97 Å². The molecule has 0 fully saturated rings. The normalized spacial score (nSPS) is 13.1. The predicted octanol–water partition coefficient (Wildman–Crippen LogP) is 4.19. The van der Waals surface area contributed by atoms with Crippen molar-refractivity contribution in [3.05, 3.63) is 35.9 Å². The van der Waals surface area contributed by atoms with Gasteiger partial charge in [0.2, 0.25) is 0 Å². The van der Waals surface area contributed by atoms with E-state index in [4.69, 9.17) is 4.74 Å². The van der Waals surface area contributed by atoms with Crippen molar-refractivity contribution >= 4 is 5.97 Å². The van der Waals surface area contributed by atoms with Gasteiger partial charge in [-0.2, -0.15) is 0 Å². The van der Waals surface area contributed by atoms with Gasteiger partial charge >= 0.3 is 5.97 Å². The minimum Gasteiger partial charge on any atom is -0.460 e. The summed E-state index contributed by atoms with van der Waals surface area (Å²) in [5.74, 6) is 0.441. The van der Waals surface area contributed by atoms with Crippen LogP contribution in [0, 0.1) is 11.3 Å². The number of ether oxygens (including phenoxy) is 1. The highest BCUT2D eigenvalue weighted by atomic mass is 16.5. The Labute approximate surface area is 110 Å². The van der Waals surface area contributed by atoms with Crippen LogP contribution in [-0.4, -0.2) is 5.97 Å². The third kappa shape index (κ3) is 4.52. The molecule has 0 aliphatic rings. The van der Waals surface area contributed by atoms with E-state index < -0.39 is 5.41 Å². The Morgan fingerprint density at radius 2 is 1.89 bits per heavy atom. The molecule has 1 aromatic carbocycles. The second kappa shape index (κ2) is 6.58. The molecule has 0 aromatic heterocycles. The number of rotatable bonds is 6. The Morgan fingerprint density at radius 3 is 2.44 bits per heavy atom. The Kier molecular flexibility index (Phi) is 5.39. The molecular weight excluding hydrogens is 224 g/mol. The maximum atomic E-state index is 12.1. The summed E-state index contributed by atoms with van der Waals surface area (Å²) in [5, 5.41) is 0. The number of hydrogen-bond acceptors (Lipinski definition) is 2. The third-order valence-corrected chi connectivity index (χ3v) is 3.32. The SMILES string of the molecule is CCC(C)CC(C)(C)C(=O)OCc1ccccc1. The maximum Gasteiger partial charge on any atom is 0.311 e. The van der Waals surface area contributed by atoms with Crippen LogP contribution in [0.5, 0.6) is 0 Å². The van der Waals surface area contributed by atoms with Gasteiger partial charge in [0.25, 0.3) is 0 Å². The van der Waals surface area contributed by atoms with E-state index in [1.807, 2.05) is 44.2 Å². The highest BCUT2D eigenvalue weighted by Gasteiger charge is 2.30.